The lowest BCUT2D eigenvalue weighted by Crippen LogP contribution is -2.56. The summed E-state index contributed by atoms with van der Waals surface area (Å²) in [5, 5.41) is 0. The van der Waals surface area contributed by atoms with E-state index in [4.69, 9.17) is 4.74 Å². The van der Waals surface area contributed by atoms with Gasteiger partial charge in [-0.25, -0.2) is 4.79 Å². The first kappa shape index (κ1) is 25.1. The van der Waals surface area contributed by atoms with Crippen molar-refractivity contribution >= 4 is 11.7 Å². The fourth-order valence-electron chi connectivity index (χ4n) is 2.66. The SMILES string of the molecule is C=C(C)C(=O)OCc1ccc(-c2ccc(/C(=N/C)C(F)(F)C(F)(F)C(F)(F)F)cc2)cc1. The second-order valence-electron chi connectivity index (χ2n) is 6.85. The van der Waals surface area contributed by atoms with Crippen molar-refractivity contribution in [2.75, 3.05) is 7.05 Å². The third kappa shape index (κ3) is 5.00. The lowest BCUT2D eigenvalue weighted by Gasteiger charge is -2.29. The summed E-state index contributed by atoms with van der Waals surface area (Å²) in [4.78, 5) is 14.4. The molecule has 0 saturated heterocycles. The number of rotatable bonds is 7. The molecule has 3 nitrogen and oxygen atoms in total. The molecule has 2 rings (SSSR count). The van der Waals surface area contributed by atoms with Crippen molar-refractivity contribution in [3.05, 3.63) is 71.8 Å². The van der Waals surface area contributed by atoms with Crippen LogP contribution in [0.25, 0.3) is 11.1 Å². The molecule has 0 fully saturated rings. The molecule has 0 spiro atoms. The third-order valence-corrected chi connectivity index (χ3v) is 4.44. The molecule has 0 aliphatic carbocycles. The molecule has 2 aromatic rings. The van der Waals surface area contributed by atoms with Gasteiger partial charge in [0.15, 0.2) is 0 Å². The van der Waals surface area contributed by atoms with Crippen LogP contribution >= 0.6 is 0 Å². The van der Waals surface area contributed by atoms with Gasteiger partial charge in [-0.3, -0.25) is 4.99 Å². The highest BCUT2D eigenvalue weighted by molar-refractivity contribution is 6.06. The summed E-state index contributed by atoms with van der Waals surface area (Å²) >= 11 is 0. The van der Waals surface area contributed by atoms with Crippen molar-refractivity contribution < 1.29 is 40.3 Å². The molecule has 10 heteroatoms. The molecule has 0 aliphatic heterocycles. The normalized spacial score (nSPS) is 13.1. The third-order valence-electron chi connectivity index (χ3n) is 4.44. The Hall–Kier alpha value is -3.17. The maximum Gasteiger partial charge on any atom is 0.460 e. The summed E-state index contributed by atoms with van der Waals surface area (Å²) in [7, 11) is 0.711. The smallest absolute Gasteiger partial charge is 0.457 e. The second kappa shape index (κ2) is 9.13. The number of hydrogen-bond donors (Lipinski definition) is 0. The molecule has 0 aromatic heterocycles. The molecule has 0 N–H and O–H groups in total. The Bertz CT molecular complexity index is 1010. The molecular weight excluding hydrogens is 443 g/mol. The van der Waals surface area contributed by atoms with Gasteiger partial charge in [0.1, 0.15) is 12.3 Å². The lowest BCUT2D eigenvalue weighted by atomic mass is 9.96. The molecule has 0 aliphatic rings. The second-order valence-corrected chi connectivity index (χ2v) is 6.85. The van der Waals surface area contributed by atoms with Crippen LogP contribution in [0.3, 0.4) is 0 Å². The Morgan fingerprint density at radius 2 is 1.38 bits per heavy atom. The minimum atomic E-state index is -6.45. The van der Waals surface area contributed by atoms with Crippen LogP contribution in [0, 0.1) is 0 Å². The monoisotopic (exact) mass is 461 g/mol. The van der Waals surface area contributed by atoms with E-state index in [1.807, 2.05) is 0 Å². The van der Waals surface area contributed by atoms with Gasteiger partial charge in [-0.1, -0.05) is 55.1 Å². The van der Waals surface area contributed by atoms with Crippen LogP contribution < -0.4 is 0 Å². The minimum Gasteiger partial charge on any atom is -0.457 e. The molecule has 0 saturated carbocycles. The Morgan fingerprint density at radius 1 is 0.906 bits per heavy atom. The number of ether oxygens (including phenoxy) is 1. The van der Waals surface area contributed by atoms with Gasteiger partial charge in [-0.05, 0) is 23.6 Å². The highest BCUT2D eigenvalue weighted by atomic mass is 19.4. The van der Waals surface area contributed by atoms with Gasteiger partial charge in [-0.2, -0.15) is 30.7 Å². The fourth-order valence-corrected chi connectivity index (χ4v) is 2.66. The summed E-state index contributed by atoms with van der Waals surface area (Å²) in [6, 6.07) is 11.1. The maximum absolute atomic E-state index is 14.1. The Balaban J connectivity index is 2.24. The van der Waals surface area contributed by atoms with Crippen LogP contribution in [0.15, 0.2) is 65.7 Å². The Labute approximate surface area is 179 Å². The summed E-state index contributed by atoms with van der Waals surface area (Å²) in [6.07, 6.45) is -6.45. The lowest BCUT2D eigenvalue weighted by molar-refractivity contribution is -0.336. The van der Waals surface area contributed by atoms with Crippen molar-refractivity contribution in [1.29, 1.82) is 0 Å². The predicted molar refractivity (Wildman–Crippen MR) is 105 cm³/mol. The summed E-state index contributed by atoms with van der Waals surface area (Å²) < 4.78 is 97.3. The number of carbonyl (C=O) groups excluding carboxylic acids is 1. The van der Waals surface area contributed by atoms with E-state index < -0.39 is 35.3 Å². The highest BCUT2D eigenvalue weighted by Gasteiger charge is 2.74. The summed E-state index contributed by atoms with van der Waals surface area (Å²) in [5.41, 5.74) is -0.256. The van der Waals surface area contributed by atoms with E-state index in [9.17, 15) is 35.5 Å². The van der Waals surface area contributed by atoms with Gasteiger partial charge in [0.2, 0.25) is 0 Å². The van der Waals surface area contributed by atoms with Crippen LogP contribution in [0.5, 0.6) is 0 Å². The largest absolute Gasteiger partial charge is 0.460 e. The quantitative estimate of drug-likeness (QED) is 0.212. The van der Waals surface area contributed by atoms with E-state index in [0.717, 1.165) is 12.1 Å². The molecule has 32 heavy (non-hydrogen) atoms. The number of aliphatic imine (C=N–C) groups is 1. The zero-order valence-electron chi connectivity index (χ0n) is 16.9. The molecular formula is C22H18F7NO2. The zero-order valence-corrected chi connectivity index (χ0v) is 16.9. The predicted octanol–water partition coefficient (Wildman–Crippen LogP) is 6.22. The number of hydrogen-bond acceptors (Lipinski definition) is 3. The van der Waals surface area contributed by atoms with Crippen molar-refractivity contribution in [1.82, 2.24) is 0 Å². The van der Waals surface area contributed by atoms with E-state index in [-0.39, 0.29) is 12.2 Å². The molecule has 2 aromatic carbocycles. The van der Waals surface area contributed by atoms with E-state index in [1.54, 1.807) is 24.3 Å². The molecule has 172 valence electrons. The highest BCUT2D eigenvalue weighted by Crippen LogP contribution is 2.48. The van der Waals surface area contributed by atoms with Crippen LogP contribution in [0.1, 0.15) is 18.1 Å². The fraction of sp³-hybridized carbons (Fsp3) is 0.273. The average Bonchev–Trinajstić information content (AvgIpc) is 2.72. The topological polar surface area (TPSA) is 38.7 Å². The van der Waals surface area contributed by atoms with E-state index in [2.05, 4.69) is 11.6 Å². The number of halogens is 7. The molecule has 0 unspecified atom stereocenters. The summed E-state index contributed by atoms with van der Waals surface area (Å²) in [5.74, 6) is -12.4. The molecule has 0 amide bonds. The van der Waals surface area contributed by atoms with Crippen molar-refractivity contribution in [3.8, 4) is 11.1 Å². The van der Waals surface area contributed by atoms with Gasteiger partial charge >= 0.3 is 24.0 Å². The van der Waals surface area contributed by atoms with Gasteiger partial charge in [0.25, 0.3) is 0 Å². The summed E-state index contributed by atoms with van der Waals surface area (Å²) in [6.45, 7) is 4.97. The van der Waals surface area contributed by atoms with Gasteiger partial charge in [0, 0.05) is 18.2 Å². The standard InChI is InChI=1S/C22H18F7NO2/c1-13(2)19(31)32-12-14-4-6-15(7-5-14)16-8-10-17(11-9-16)18(30-3)20(23,24)21(25,26)22(27,28)29/h4-11H,1,12H2,2-3H3/b30-18-. The average molecular weight is 461 g/mol. The molecule has 0 bridgehead atoms. The van der Waals surface area contributed by atoms with Crippen LogP contribution in [0.2, 0.25) is 0 Å². The van der Waals surface area contributed by atoms with Gasteiger partial charge in [0.05, 0.1) is 0 Å². The van der Waals surface area contributed by atoms with Crippen molar-refractivity contribution in [2.45, 2.75) is 31.6 Å². The van der Waals surface area contributed by atoms with Crippen LogP contribution in [-0.4, -0.2) is 36.8 Å². The van der Waals surface area contributed by atoms with E-state index in [0.29, 0.717) is 23.7 Å². The van der Waals surface area contributed by atoms with Gasteiger partial charge in [-0.15, -0.1) is 0 Å². The van der Waals surface area contributed by atoms with Crippen LogP contribution in [0.4, 0.5) is 30.7 Å². The number of alkyl halides is 7. The van der Waals surface area contributed by atoms with Crippen molar-refractivity contribution in [2.24, 2.45) is 4.99 Å². The first-order chi connectivity index (χ1) is 14.7. The number of carbonyl (C=O) groups is 1. The first-order valence-corrected chi connectivity index (χ1v) is 9.04. The first-order valence-electron chi connectivity index (χ1n) is 9.04. The van der Waals surface area contributed by atoms with E-state index in [1.165, 1.54) is 19.1 Å². The van der Waals surface area contributed by atoms with Crippen molar-refractivity contribution in [3.63, 3.8) is 0 Å². The van der Waals surface area contributed by atoms with Gasteiger partial charge < -0.3 is 4.74 Å². The number of benzene rings is 2. The Morgan fingerprint density at radius 3 is 1.78 bits per heavy atom. The van der Waals surface area contributed by atoms with Crippen LogP contribution in [-0.2, 0) is 16.1 Å². The number of esters is 1. The molecule has 0 heterocycles. The Kier molecular flexibility index (Phi) is 7.16. The molecule has 0 radical (unpaired) electrons. The minimum absolute atomic E-state index is 0.00371. The maximum atomic E-state index is 14.1. The number of nitrogens with zero attached hydrogens (tertiary/aromatic N) is 1. The molecule has 0 atom stereocenters. The van der Waals surface area contributed by atoms with E-state index >= 15 is 0 Å². The zero-order chi connectivity index (χ0) is 24.3.